The average molecular weight is 1260 g/mol. The molecule has 0 bridgehead atoms. The number of thiocarbonyl (C=S) groups is 2. The second kappa shape index (κ2) is 47.1. The van der Waals surface area contributed by atoms with Gasteiger partial charge in [-0.25, -0.2) is 19.3 Å². The smallest absolute Gasteiger partial charge is 1.00 e. The summed E-state index contributed by atoms with van der Waals surface area (Å²) in [6, 6.07) is 22.6. The number of benzene rings is 3. The summed E-state index contributed by atoms with van der Waals surface area (Å²) in [5.41, 5.74) is 7.32. The molecule has 4 aromatic heterocycles. The second-order valence-electron chi connectivity index (χ2n) is 14.8. The number of nitrogens with zero attached hydrogens (tertiary/aromatic N) is 5. The molecule has 1 aliphatic rings. The second-order valence-corrected chi connectivity index (χ2v) is 16.9. The Morgan fingerprint density at radius 2 is 1.26 bits per heavy atom. The summed E-state index contributed by atoms with van der Waals surface area (Å²) < 4.78 is 79.8. The van der Waals surface area contributed by atoms with Crippen LogP contribution in [0.4, 0.5) is 11.4 Å². The number of rotatable bonds is 13. The van der Waals surface area contributed by atoms with E-state index in [2.05, 4.69) is 72.5 Å². The number of aromatic amines is 4. The van der Waals surface area contributed by atoms with E-state index in [1.54, 1.807) is 122 Å². The number of carbonyl (C=O) groups excluding carboxylic acids is 2. The molecule has 0 amide bonds. The number of nitrogen functional groups attached to an aromatic ring is 1. The fourth-order valence-corrected chi connectivity index (χ4v) is 6.02. The van der Waals surface area contributed by atoms with E-state index in [0.717, 1.165) is 49.2 Å². The third-order valence-electron chi connectivity index (χ3n) is 9.60. The predicted octanol–water partition coefficient (Wildman–Crippen LogP) is 3.24. The topological polar surface area (TPSA) is 350 Å². The SMILES string of the molecule is C#CC(=O)OC.C1CCOC1.CC(=O)n1ccc(=O)[nH]1.COS(=O)(=O)OC.COc1cccc(OC)c1N.COc1cccc(OC)c1N=C=S.COc1ccn(C(=S)Cc2c(OC)cccc2OC)n1.COc1ccn[nH]1.O=c1cc[nH][nH]1.[H-].[Na+]. The number of hydrogen-bond donors (Lipinski definition) is 5. The van der Waals surface area contributed by atoms with Crippen molar-refractivity contribution in [1.82, 2.24) is 40.0 Å². The van der Waals surface area contributed by atoms with Crippen LogP contribution in [0, 0.1) is 12.3 Å². The third kappa shape index (κ3) is 33.0. The maximum Gasteiger partial charge on any atom is 1.00 e. The maximum absolute atomic E-state index is 10.5. The van der Waals surface area contributed by atoms with Gasteiger partial charge in [-0.05, 0) is 61.5 Å². The van der Waals surface area contributed by atoms with E-state index < -0.39 is 16.4 Å². The Kier molecular flexibility index (Phi) is 43.7. The van der Waals surface area contributed by atoms with Crippen molar-refractivity contribution in [2.45, 2.75) is 26.2 Å². The van der Waals surface area contributed by atoms with E-state index in [1.165, 1.54) is 45.2 Å². The van der Waals surface area contributed by atoms with E-state index in [1.807, 2.05) is 30.3 Å². The number of ether oxygens (including phenoxy) is 10. The number of H-pyrrole nitrogens is 4. The minimum Gasteiger partial charge on any atom is -1.00 e. The number of nitrogens with one attached hydrogen (secondary N) is 4. The fraction of sp³-hybridized carbons (Fsp3) is 0.321. The molecule has 1 aliphatic heterocycles. The minimum absolute atomic E-state index is 0. The molecule has 1 fully saturated rings. The Morgan fingerprint density at radius 3 is 1.53 bits per heavy atom. The van der Waals surface area contributed by atoms with E-state index in [4.69, 9.17) is 60.6 Å². The zero-order chi connectivity index (χ0) is 63.3. The van der Waals surface area contributed by atoms with Gasteiger partial charge >= 0.3 is 45.9 Å². The molecule has 7 aromatic rings. The summed E-state index contributed by atoms with van der Waals surface area (Å²) in [5, 5.41) is 19.8. The largest absolute Gasteiger partial charge is 1.00 e. The van der Waals surface area contributed by atoms with Gasteiger partial charge in [0.25, 0.3) is 11.1 Å². The predicted molar refractivity (Wildman–Crippen MR) is 321 cm³/mol. The molecule has 6 N–H and O–H groups in total. The summed E-state index contributed by atoms with van der Waals surface area (Å²) >= 11 is 9.93. The number of aromatic nitrogens is 8. The molecule has 5 heterocycles. The summed E-state index contributed by atoms with van der Waals surface area (Å²) in [5.74, 6) is 6.16. The van der Waals surface area contributed by atoms with E-state index in [0.29, 0.717) is 57.5 Å². The molecule has 460 valence electrons. The van der Waals surface area contributed by atoms with Crippen LogP contribution in [0.25, 0.3) is 0 Å². The number of anilines is 1. The summed E-state index contributed by atoms with van der Waals surface area (Å²) in [6.45, 7) is 3.37. The molecule has 8 rings (SSSR count). The van der Waals surface area contributed by atoms with Gasteiger partial charge in [-0.1, -0.05) is 30.4 Å². The Hall–Kier alpha value is -8.28. The van der Waals surface area contributed by atoms with Crippen molar-refractivity contribution in [3.05, 3.63) is 130 Å². The van der Waals surface area contributed by atoms with Crippen LogP contribution in [0.2, 0.25) is 0 Å². The summed E-state index contributed by atoms with van der Waals surface area (Å²) in [4.78, 5) is 45.0. The Balaban J connectivity index is -0.000000933. The van der Waals surface area contributed by atoms with E-state index in [-0.39, 0.29) is 48.0 Å². The molecular formula is C53H71N10NaO18S3. The summed E-state index contributed by atoms with van der Waals surface area (Å²) in [7, 11) is 12.3. The average Bonchev–Trinajstić information content (AvgIpc) is 4.09. The van der Waals surface area contributed by atoms with Crippen LogP contribution in [0.1, 0.15) is 31.6 Å². The molecule has 0 unspecified atom stereocenters. The number of methoxy groups -OCH3 is 9. The first-order valence-corrected chi connectivity index (χ1v) is 26.0. The molecule has 32 heteroatoms. The van der Waals surface area contributed by atoms with Crippen molar-refractivity contribution in [3.8, 4) is 58.6 Å². The zero-order valence-corrected chi connectivity index (χ0v) is 53.8. The van der Waals surface area contributed by atoms with Crippen molar-refractivity contribution >= 4 is 68.2 Å². The number of esters is 1. The number of carbonyl (C=O) groups is 2. The first-order chi connectivity index (χ1) is 40.3. The Morgan fingerprint density at radius 1 is 0.741 bits per heavy atom. The monoisotopic (exact) mass is 1250 g/mol. The molecule has 3 aromatic carbocycles. The first-order valence-electron chi connectivity index (χ1n) is 23.9. The minimum atomic E-state index is -3.66. The van der Waals surface area contributed by atoms with Crippen LogP contribution in [0.5, 0.6) is 46.3 Å². The number of nitrogens with two attached hydrogens (primary N) is 1. The van der Waals surface area contributed by atoms with Gasteiger partial charge in [0.1, 0.15) is 45.2 Å². The van der Waals surface area contributed by atoms with E-state index >= 15 is 0 Å². The van der Waals surface area contributed by atoms with Crippen LogP contribution in [0.15, 0.2) is 118 Å². The maximum atomic E-state index is 10.5. The Bertz CT molecular complexity index is 3200. The van der Waals surface area contributed by atoms with Crippen molar-refractivity contribution in [1.29, 1.82) is 0 Å². The normalized spacial score (nSPS) is 10.1. The van der Waals surface area contributed by atoms with Gasteiger partial charge in [0.15, 0.2) is 5.69 Å². The quantitative estimate of drug-likeness (QED) is 0.0210. The third-order valence-corrected chi connectivity index (χ3v) is 10.8. The van der Waals surface area contributed by atoms with E-state index in [9.17, 15) is 27.6 Å². The van der Waals surface area contributed by atoms with Crippen molar-refractivity contribution in [2.75, 3.05) is 97.2 Å². The molecule has 0 radical (unpaired) electrons. The van der Waals surface area contributed by atoms with Gasteiger partial charge in [-0.15, -0.1) is 11.5 Å². The molecule has 85 heavy (non-hydrogen) atoms. The number of para-hydroxylation sites is 2. The molecule has 1 saturated heterocycles. The summed E-state index contributed by atoms with van der Waals surface area (Å²) in [6.07, 6.45) is 13.9. The van der Waals surface area contributed by atoms with Crippen LogP contribution >= 0.6 is 24.4 Å². The molecule has 0 saturated carbocycles. The van der Waals surface area contributed by atoms with Crippen LogP contribution in [0.3, 0.4) is 0 Å². The Labute approximate surface area is 526 Å². The van der Waals surface area contributed by atoms with Gasteiger partial charge in [-0.2, -0.15) is 18.5 Å². The van der Waals surface area contributed by atoms with Crippen molar-refractivity contribution < 1.29 is 105 Å². The standard InChI is InChI=1S/C14H16N2O3S.C9H9NO2S.C8H11NO2.C5H6N2O2.C4H6N2O.C4H4O2.C4H8O.C3H4N2O.C2H6O4S.Na.H/c1-17-11-5-4-6-12(18-2)10(11)9-14(20)16-8-7-13(15-16)19-3;1-11-7-4-3-5-8(12-2)9(7)10-6-13;1-10-6-4-3-5-7(11-2)8(6)9;1-4(8)7-3-2-5(9)6-7;1-7-4-2-3-5-6-4;1-3-4(5)6-2;1-2-4-5-3-1;6-3-1-2-4-5-3;1-5-7(3,4)6-2;;/h4-8H,9H2,1-3H3;3-5H,1-2H3;3-5H,9H2,1-2H3;2-3H,1H3,(H,6,9);2-3H,1H3,(H,5,6);1H,2H3;1-4H2;1-2H,(H2,4,5,6);1-2H3;;/q;;;;;;;;;+1;-1. The number of hydrogen-bond acceptors (Lipinski definition) is 24. The van der Waals surface area contributed by atoms with Gasteiger partial charge < -0.3 is 59.6 Å². The van der Waals surface area contributed by atoms with Crippen LogP contribution < -0.4 is 84.3 Å². The van der Waals surface area contributed by atoms with Gasteiger partial charge in [-0.3, -0.25) is 32.9 Å². The van der Waals surface area contributed by atoms with Gasteiger partial charge in [0.05, 0.1) is 89.6 Å². The number of isothiocyanates is 1. The molecular weight excluding hydrogens is 1180 g/mol. The van der Waals surface area contributed by atoms with Crippen molar-refractivity contribution in [3.63, 3.8) is 0 Å². The number of terminal acetylenes is 1. The van der Waals surface area contributed by atoms with Gasteiger partial charge in [0.2, 0.25) is 17.7 Å². The first kappa shape index (κ1) is 78.8. The molecule has 28 nitrogen and oxygen atoms in total. The van der Waals surface area contributed by atoms with Crippen LogP contribution in [-0.4, -0.2) is 162 Å². The molecule has 0 aliphatic carbocycles. The molecule has 0 atom stereocenters. The van der Waals surface area contributed by atoms with Gasteiger partial charge in [0, 0.05) is 80.9 Å². The zero-order valence-electron chi connectivity index (χ0n) is 50.3. The van der Waals surface area contributed by atoms with Crippen molar-refractivity contribution in [2.24, 2.45) is 4.99 Å². The fourth-order valence-electron chi connectivity index (χ4n) is 5.54. The molecule has 0 spiro atoms. The number of aliphatic imine (C=N–C) groups is 1. The van der Waals surface area contributed by atoms with Crippen LogP contribution in [-0.2, 0) is 39.5 Å².